The second kappa shape index (κ2) is 13.9. The van der Waals surface area contributed by atoms with E-state index in [0.29, 0.717) is 35.8 Å². The van der Waals surface area contributed by atoms with Crippen LogP contribution in [-0.4, -0.2) is 66.3 Å². The van der Waals surface area contributed by atoms with Crippen molar-refractivity contribution < 1.29 is 15.0 Å². The van der Waals surface area contributed by atoms with Crippen molar-refractivity contribution in [1.29, 1.82) is 0 Å². The van der Waals surface area contributed by atoms with Crippen LogP contribution in [0.25, 0.3) is 0 Å². The van der Waals surface area contributed by atoms with Gasteiger partial charge in [-0.3, -0.25) is 4.79 Å². The zero-order chi connectivity index (χ0) is 28.0. The molecule has 6 atom stereocenters. The van der Waals surface area contributed by atoms with Gasteiger partial charge in [-0.2, -0.15) is 0 Å². The van der Waals surface area contributed by atoms with Crippen molar-refractivity contribution in [2.75, 3.05) is 34.2 Å². The van der Waals surface area contributed by atoms with E-state index in [-0.39, 0.29) is 17.4 Å². The van der Waals surface area contributed by atoms with Gasteiger partial charge >= 0.3 is 0 Å². The molecule has 3 aliphatic rings. The number of aryl methyl sites for hydroxylation is 1. The summed E-state index contributed by atoms with van der Waals surface area (Å²) in [5.74, 6) is 3.25. The molecule has 1 aromatic carbocycles. The fraction of sp³-hybridized carbons (Fsp3) is 0.794. The molecule has 0 saturated heterocycles. The molecule has 4 rings (SSSR count). The van der Waals surface area contributed by atoms with Crippen LogP contribution < -0.4 is 0 Å². The van der Waals surface area contributed by atoms with Crippen LogP contribution in [-0.2, 0) is 11.2 Å². The number of likely N-dealkylation sites (N-methyl/N-ethyl adjacent to an activating group) is 2. The van der Waals surface area contributed by atoms with Crippen molar-refractivity contribution in [3.8, 4) is 5.75 Å². The molecule has 2 fully saturated rings. The van der Waals surface area contributed by atoms with E-state index in [4.69, 9.17) is 0 Å². The largest absolute Gasteiger partial charge is 0.508 e. The zero-order valence-electron chi connectivity index (χ0n) is 25.3. The first-order valence-electron chi connectivity index (χ1n) is 16.1. The van der Waals surface area contributed by atoms with E-state index in [1.165, 1.54) is 68.9 Å². The Hall–Kier alpha value is -1.59. The molecule has 39 heavy (non-hydrogen) atoms. The summed E-state index contributed by atoms with van der Waals surface area (Å²) < 4.78 is 0. The summed E-state index contributed by atoms with van der Waals surface area (Å²) in [5, 5.41) is 21.1. The Balaban J connectivity index is 1.18. The minimum Gasteiger partial charge on any atom is -0.508 e. The van der Waals surface area contributed by atoms with Crippen LogP contribution in [0.15, 0.2) is 18.2 Å². The summed E-state index contributed by atoms with van der Waals surface area (Å²) >= 11 is 0. The van der Waals surface area contributed by atoms with Crippen LogP contribution in [0.4, 0.5) is 0 Å². The Bertz CT molecular complexity index is 933. The van der Waals surface area contributed by atoms with Crippen LogP contribution in [0, 0.1) is 23.2 Å². The SMILES string of the molecule is CN(C)CCN(C)C(=O)CCCCCCCCCC[C@H]1C[C@]2(C)[C@@H](O)CC[C@H]2[C@@H]2CCc3cc(O)ccc3[C@@H]12. The Morgan fingerprint density at radius 1 is 0.949 bits per heavy atom. The van der Waals surface area contributed by atoms with Gasteiger partial charge in [0.15, 0.2) is 0 Å². The van der Waals surface area contributed by atoms with E-state index >= 15 is 0 Å². The fourth-order valence-electron chi connectivity index (χ4n) is 8.54. The summed E-state index contributed by atoms with van der Waals surface area (Å²) in [6.45, 7) is 4.12. The lowest BCUT2D eigenvalue weighted by atomic mass is 9.51. The van der Waals surface area contributed by atoms with Crippen LogP contribution in [0.2, 0.25) is 0 Å². The van der Waals surface area contributed by atoms with E-state index in [2.05, 4.69) is 17.9 Å². The number of benzene rings is 1. The molecule has 2 N–H and O–H groups in total. The fourth-order valence-corrected chi connectivity index (χ4v) is 8.54. The molecule has 0 heterocycles. The maximum absolute atomic E-state index is 12.2. The molecule has 3 aliphatic carbocycles. The number of carbonyl (C=O) groups is 1. The molecular formula is C34H56N2O3. The third-order valence-electron chi connectivity index (χ3n) is 10.8. The van der Waals surface area contributed by atoms with Gasteiger partial charge in [0.1, 0.15) is 5.75 Å². The molecule has 5 nitrogen and oxygen atoms in total. The first-order valence-corrected chi connectivity index (χ1v) is 16.1. The highest BCUT2D eigenvalue weighted by Gasteiger charge is 2.57. The van der Waals surface area contributed by atoms with Gasteiger partial charge in [0.25, 0.3) is 0 Å². The molecule has 0 aromatic heterocycles. The normalized spacial score (nSPS) is 29.6. The lowest BCUT2D eigenvalue weighted by Gasteiger charge is -2.54. The number of amides is 1. The number of unbranched alkanes of at least 4 members (excludes halogenated alkanes) is 7. The number of hydrogen-bond acceptors (Lipinski definition) is 4. The summed E-state index contributed by atoms with van der Waals surface area (Å²) in [6.07, 6.45) is 17.3. The quantitative estimate of drug-likeness (QED) is 0.256. The maximum Gasteiger partial charge on any atom is 0.222 e. The molecule has 0 unspecified atom stereocenters. The third kappa shape index (κ3) is 7.38. The van der Waals surface area contributed by atoms with Crippen molar-refractivity contribution in [2.45, 2.75) is 115 Å². The smallest absolute Gasteiger partial charge is 0.222 e. The number of nitrogens with zero attached hydrogens (tertiary/aromatic N) is 2. The first-order chi connectivity index (χ1) is 18.7. The predicted molar refractivity (Wildman–Crippen MR) is 160 cm³/mol. The Labute approximate surface area is 238 Å². The van der Waals surface area contributed by atoms with E-state index in [1.807, 2.05) is 38.2 Å². The molecule has 0 aliphatic heterocycles. The van der Waals surface area contributed by atoms with Crippen LogP contribution in [0.5, 0.6) is 5.75 Å². The number of fused-ring (bicyclic) bond motifs is 5. The zero-order valence-corrected chi connectivity index (χ0v) is 25.3. The molecule has 0 radical (unpaired) electrons. The Morgan fingerprint density at radius 3 is 2.36 bits per heavy atom. The number of aromatic hydroxyl groups is 1. The molecule has 1 aromatic rings. The number of phenolic OH excluding ortho intramolecular Hbond substituents is 1. The number of carbonyl (C=O) groups excluding carboxylic acids is 1. The van der Waals surface area contributed by atoms with E-state index in [0.717, 1.165) is 45.2 Å². The monoisotopic (exact) mass is 540 g/mol. The van der Waals surface area contributed by atoms with Crippen molar-refractivity contribution in [1.82, 2.24) is 9.80 Å². The van der Waals surface area contributed by atoms with Crippen LogP contribution in [0.3, 0.4) is 0 Å². The molecule has 2 saturated carbocycles. The summed E-state index contributed by atoms with van der Waals surface area (Å²) in [4.78, 5) is 16.2. The summed E-state index contributed by atoms with van der Waals surface area (Å²) in [6, 6.07) is 6.13. The van der Waals surface area contributed by atoms with E-state index in [1.54, 1.807) is 0 Å². The minimum absolute atomic E-state index is 0.0861. The van der Waals surface area contributed by atoms with Gasteiger partial charge in [0.2, 0.25) is 5.91 Å². The highest BCUT2D eigenvalue weighted by molar-refractivity contribution is 5.75. The van der Waals surface area contributed by atoms with Gasteiger partial charge in [-0.15, -0.1) is 0 Å². The van der Waals surface area contributed by atoms with Crippen molar-refractivity contribution >= 4 is 5.91 Å². The number of phenols is 1. The van der Waals surface area contributed by atoms with Gasteiger partial charge in [-0.25, -0.2) is 0 Å². The average molecular weight is 541 g/mol. The Kier molecular flexibility index (Phi) is 10.8. The lowest BCUT2D eigenvalue weighted by molar-refractivity contribution is -0.130. The number of hydrogen-bond donors (Lipinski definition) is 2. The molecule has 220 valence electrons. The highest BCUT2D eigenvalue weighted by atomic mass is 16.3. The summed E-state index contributed by atoms with van der Waals surface area (Å²) in [5.41, 5.74) is 2.95. The lowest BCUT2D eigenvalue weighted by Crippen LogP contribution is -2.47. The molecule has 0 bridgehead atoms. The number of rotatable bonds is 14. The third-order valence-corrected chi connectivity index (χ3v) is 10.8. The minimum atomic E-state index is -0.138. The molecule has 1 amide bonds. The molecule has 0 spiro atoms. The van der Waals surface area contributed by atoms with Gasteiger partial charge < -0.3 is 20.0 Å². The summed E-state index contributed by atoms with van der Waals surface area (Å²) in [7, 11) is 6.01. The van der Waals surface area contributed by atoms with Crippen LogP contribution >= 0.6 is 0 Å². The second-order valence-electron chi connectivity index (χ2n) is 13.8. The Morgan fingerprint density at radius 2 is 1.64 bits per heavy atom. The van der Waals surface area contributed by atoms with Crippen molar-refractivity contribution in [3.05, 3.63) is 29.3 Å². The molecule has 5 heteroatoms. The number of aliphatic hydroxyl groups is 1. The van der Waals surface area contributed by atoms with Gasteiger partial charge in [0, 0.05) is 26.6 Å². The average Bonchev–Trinajstić information content (AvgIpc) is 3.21. The topological polar surface area (TPSA) is 64.0 Å². The van der Waals surface area contributed by atoms with Gasteiger partial charge in [-0.05, 0) is 111 Å². The first kappa shape index (κ1) is 30.4. The van der Waals surface area contributed by atoms with Gasteiger partial charge in [0.05, 0.1) is 6.10 Å². The van der Waals surface area contributed by atoms with Crippen LogP contribution in [0.1, 0.15) is 114 Å². The van der Waals surface area contributed by atoms with Gasteiger partial charge in [-0.1, -0.05) is 57.9 Å². The maximum atomic E-state index is 12.2. The second-order valence-corrected chi connectivity index (χ2v) is 13.8. The highest BCUT2D eigenvalue weighted by Crippen LogP contribution is 2.63. The number of aliphatic hydroxyl groups excluding tert-OH is 1. The van der Waals surface area contributed by atoms with E-state index < -0.39 is 0 Å². The van der Waals surface area contributed by atoms with Crippen molar-refractivity contribution in [2.24, 2.45) is 23.2 Å². The standard InChI is InChI=1S/C34H56N2O3/c1-34-24-26(13-11-9-7-5-6-8-10-12-14-32(39)36(4)22-21-35(2)3)33-28-18-16-27(37)23-25(28)15-17-29(33)30(34)19-20-31(34)38/h16,18,23,26,29-31,33,37-38H,5-15,17,19-22,24H2,1-4H3/t26-,29-,30-,31-,33+,34-/m0/s1. The predicted octanol–water partition coefficient (Wildman–Crippen LogP) is 6.76. The van der Waals surface area contributed by atoms with E-state index in [9.17, 15) is 15.0 Å². The molecular weight excluding hydrogens is 484 g/mol. The van der Waals surface area contributed by atoms with Crippen molar-refractivity contribution in [3.63, 3.8) is 0 Å².